The van der Waals surface area contributed by atoms with Gasteiger partial charge in [0.05, 0.1) is 13.2 Å². The smallest absolute Gasteiger partial charge is 0.119 e. The first kappa shape index (κ1) is 18.8. The first-order valence-electron chi connectivity index (χ1n) is 9.34. The zero-order valence-electron chi connectivity index (χ0n) is 15.8. The van der Waals surface area contributed by atoms with E-state index in [-0.39, 0.29) is 0 Å². The second kappa shape index (κ2) is 9.67. The fourth-order valence-corrected chi connectivity index (χ4v) is 3.15. The van der Waals surface area contributed by atoms with Gasteiger partial charge in [-0.3, -0.25) is 14.8 Å². The average Bonchev–Trinajstić information content (AvgIpc) is 2.69. The number of nitrogens with zero attached hydrogens (tertiary/aromatic N) is 3. The predicted molar refractivity (Wildman–Crippen MR) is 103 cm³/mol. The summed E-state index contributed by atoms with van der Waals surface area (Å²) in [4.78, 5) is 8.93. The van der Waals surface area contributed by atoms with E-state index in [0.717, 1.165) is 45.1 Å². The molecule has 0 spiro atoms. The Kier molecular flexibility index (Phi) is 7.00. The lowest BCUT2D eigenvalue weighted by Crippen LogP contribution is -2.38. The second-order valence-electron chi connectivity index (χ2n) is 6.83. The van der Waals surface area contributed by atoms with Gasteiger partial charge in [0.2, 0.25) is 0 Å². The molecule has 0 bridgehead atoms. The summed E-state index contributed by atoms with van der Waals surface area (Å²) < 4.78 is 11.3. The van der Waals surface area contributed by atoms with Crippen molar-refractivity contribution in [2.24, 2.45) is 0 Å². The molecule has 0 aliphatic carbocycles. The predicted octanol–water partition coefficient (Wildman–Crippen LogP) is 2.99. The summed E-state index contributed by atoms with van der Waals surface area (Å²) >= 11 is 0. The molecular weight excluding hydrogens is 326 g/mol. The van der Waals surface area contributed by atoms with Gasteiger partial charge in [0.1, 0.15) is 12.4 Å². The SMILES string of the molecule is CC(c1cccnc1)N(C)Cc1cccc(OCCN2CCOCC2)c1. The average molecular weight is 355 g/mol. The maximum Gasteiger partial charge on any atom is 0.119 e. The van der Waals surface area contributed by atoms with Gasteiger partial charge < -0.3 is 9.47 Å². The van der Waals surface area contributed by atoms with Crippen molar-refractivity contribution in [3.63, 3.8) is 0 Å². The van der Waals surface area contributed by atoms with Crippen molar-refractivity contribution in [1.29, 1.82) is 0 Å². The third-order valence-corrected chi connectivity index (χ3v) is 4.94. The van der Waals surface area contributed by atoms with Crippen molar-refractivity contribution in [2.45, 2.75) is 19.5 Å². The number of pyridine rings is 1. The fourth-order valence-electron chi connectivity index (χ4n) is 3.15. The zero-order valence-corrected chi connectivity index (χ0v) is 15.8. The Morgan fingerprint density at radius 3 is 2.85 bits per heavy atom. The van der Waals surface area contributed by atoms with E-state index in [1.54, 1.807) is 0 Å². The molecule has 1 atom stereocenters. The summed E-state index contributed by atoms with van der Waals surface area (Å²) in [6, 6.07) is 12.8. The molecule has 2 aromatic rings. The van der Waals surface area contributed by atoms with Crippen LogP contribution in [0.3, 0.4) is 0 Å². The molecule has 1 aliphatic heterocycles. The van der Waals surface area contributed by atoms with Crippen molar-refractivity contribution in [3.05, 3.63) is 59.9 Å². The van der Waals surface area contributed by atoms with Crippen LogP contribution in [0.2, 0.25) is 0 Å². The number of hydrogen-bond donors (Lipinski definition) is 0. The van der Waals surface area contributed by atoms with Crippen LogP contribution in [-0.4, -0.2) is 61.3 Å². The van der Waals surface area contributed by atoms with Crippen LogP contribution in [0.4, 0.5) is 0 Å². The molecular formula is C21H29N3O2. The van der Waals surface area contributed by atoms with Crippen LogP contribution < -0.4 is 4.74 Å². The highest BCUT2D eigenvalue weighted by Gasteiger charge is 2.13. The van der Waals surface area contributed by atoms with E-state index in [9.17, 15) is 0 Å². The van der Waals surface area contributed by atoms with Gasteiger partial charge in [0, 0.05) is 44.6 Å². The maximum atomic E-state index is 5.97. The maximum absolute atomic E-state index is 5.97. The van der Waals surface area contributed by atoms with Crippen molar-refractivity contribution >= 4 is 0 Å². The quantitative estimate of drug-likeness (QED) is 0.728. The Hall–Kier alpha value is -1.95. The summed E-state index contributed by atoms with van der Waals surface area (Å²) in [6.45, 7) is 8.40. The standard InChI is InChI=1S/C21H29N3O2/c1-18(20-6-4-8-22-16-20)23(2)17-19-5-3-7-21(15-19)26-14-11-24-9-12-25-13-10-24/h3-8,15-16,18H,9-14,17H2,1-2H3. The molecule has 0 N–H and O–H groups in total. The van der Waals surface area contributed by atoms with Gasteiger partial charge in [0.15, 0.2) is 0 Å². The van der Waals surface area contributed by atoms with Crippen molar-refractivity contribution in [3.8, 4) is 5.75 Å². The molecule has 1 fully saturated rings. The Morgan fingerprint density at radius 1 is 1.23 bits per heavy atom. The normalized spacial score (nSPS) is 16.6. The molecule has 1 aliphatic rings. The van der Waals surface area contributed by atoms with Crippen molar-refractivity contribution in [1.82, 2.24) is 14.8 Å². The van der Waals surface area contributed by atoms with Crippen LogP contribution in [0.15, 0.2) is 48.8 Å². The van der Waals surface area contributed by atoms with E-state index < -0.39 is 0 Å². The van der Waals surface area contributed by atoms with E-state index in [2.05, 4.69) is 53.0 Å². The van der Waals surface area contributed by atoms with Crippen LogP contribution in [0.1, 0.15) is 24.1 Å². The first-order valence-corrected chi connectivity index (χ1v) is 9.34. The van der Waals surface area contributed by atoms with Crippen LogP contribution in [0.25, 0.3) is 0 Å². The molecule has 1 aromatic heterocycles. The second-order valence-corrected chi connectivity index (χ2v) is 6.83. The molecule has 1 saturated heterocycles. The molecule has 1 unspecified atom stereocenters. The largest absolute Gasteiger partial charge is 0.492 e. The Balaban J connectivity index is 1.50. The van der Waals surface area contributed by atoms with Gasteiger partial charge in [-0.1, -0.05) is 18.2 Å². The Bertz CT molecular complexity index is 659. The lowest BCUT2D eigenvalue weighted by molar-refractivity contribution is 0.0322. The Labute approximate surface area is 156 Å². The molecule has 0 radical (unpaired) electrons. The molecule has 26 heavy (non-hydrogen) atoms. The van der Waals surface area contributed by atoms with Crippen LogP contribution in [0, 0.1) is 0 Å². The highest BCUT2D eigenvalue weighted by Crippen LogP contribution is 2.21. The van der Waals surface area contributed by atoms with E-state index in [0.29, 0.717) is 12.6 Å². The van der Waals surface area contributed by atoms with E-state index in [4.69, 9.17) is 9.47 Å². The molecule has 0 saturated carbocycles. The summed E-state index contributed by atoms with van der Waals surface area (Å²) in [5.41, 5.74) is 2.49. The third kappa shape index (κ3) is 5.53. The molecule has 140 valence electrons. The van der Waals surface area contributed by atoms with Gasteiger partial charge in [-0.25, -0.2) is 0 Å². The number of rotatable bonds is 8. The van der Waals surface area contributed by atoms with Gasteiger partial charge in [0.25, 0.3) is 0 Å². The third-order valence-electron chi connectivity index (χ3n) is 4.94. The highest BCUT2D eigenvalue weighted by atomic mass is 16.5. The van der Waals surface area contributed by atoms with E-state index in [1.807, 2.05) is 24.5 Å². The Morgan fingerprint density at radius 2 is 2.08 bits per heavy atom. The minimum absolute atomic E-state index is 0.314. The van der Waals surface area contributed by atoms with Crippen molar-refractivity contribution < 1.29 is 9.47 Å². The highest BCUT2D eigenvalue weighted by molar-refractivity contribution is 5.28. The van der Waals surface area contributed by atoms with Crippen LogP contribution in [-0.2, 0) is 11.3 Å². The molecule has 5 nitrogen and oxygen atoms in total. The molecule has 1 aromatic carbocycles. The summed E-state index contributed by atoms with van der Waals surface area (Å²) in [6.07, 6.45) is 3.75. The summed E-state index contributed by atoms with van der Waals surface area (Å²) in [5, 5.41) is 0. The van der Waals surface area contributed by atoms with Crippen molar-refractivity contribution in [2.75, 3.05) is 46.5 Å². The monoisotopic (exact) mass is 355 g/mol. The van der Waals surface area contributed by atoms with E-state index in [1.165, 1.54) is 11.1 Å². The van der Waals surface area contributed by atoms with Gasteiger partial charge in [-0.15, -0.1) is 0 Å². The molecule has 0 amide bonds. The zero-order chi connectivity index (χ0) is 18.2. The lowest BCUT2D eigenvalue weighted by atomic mass is 10.1. The summed E-state index contributed by atoms with van der Waals surface area (Å²) in [5.74, 6) is 0.943. The minimum Gasteiger partial charge on any atom is -0.492 e. The number of aromatic nitrogens is 1. The fraction of sp³-hybridized carbons (Fsp3) is 0.476. The van der Waals surface area contributed by atoms with Crippen LogP contribution >= 0.6 is 0 Å². The topological polar surface area (TPSA) is 37.8 Å². The number of hydrogen-bond acceptors (Lipinski definition) is 5. The van der Waals surface area contributed by atoms with Crippen LogP contribution in [0.5, 0.6) is 5.75 Å². The molecule has 5 heteroatoms. The van der Waals surface area contributed by atoms with E-state index >= 15 is 0 Å². The molecule has 3 rings (SSSR count). The van der Waals surface area contributed by atoms with Gasteiger partial charge in [-0.2, -0.15) is 0 Å². The number of benzene rings is 1. The molecule has 2 heterocycles. The first-order chi connectivity index (χ1) is 12.7. The summed E-state index contributed by atoms with van der Waals surface area (Å²) in [7, 11) is 2.14. The van der Waals surface area contributed by atoms with Gasteiger partial charge >= 0.3 is 0 Å². The van der Waals surface area contributed by atoms with Gasteiger partial charge in [-0.05, 0) is 43.3 Å². The lowest BCUT2D eigenvalue weighted by Gasteiger charge is -2.26. The number of ether oxygens (including phenoxy) is 2. The minimum atomic E-state index is 0.314. The number of morpholine rings is 1.